The Kier molecular flexibility index (Phi) is 4.60. The summed E-state index contributed by atoms with van der Waals surface area (Å²) in [7, 11) is 0. The summed E-state index contributed by atoms with van der Waals surface area (Å²) in [5, 5.41) is 3.32. The third kappa shape index (κ3) is 3.10. The number of halogens is 1. The maximum atomic E-state index is 12.3. The van der Waals surface area contributed by atoms with E-state index < -0.39 is 0 Å². The molecule has 0 radical (unpaired) electrons. The summed E-state index contributed by atoms with van der Waals surface area (Å²) < 4.78 is 0.814. The number of carbonyl (C=O) groups excluding carboxylic acids is 2. The lowest BCUT2D eigenvalue weighted by atomic mass is 10.1. The van der Waals surface area contributed by atoms with Gasteiger partial charge in [-0.05, 0) is 30.7 Å². The van der Waals surface area contributed by atoms with Crippen molar-refractivity contribution < 1.29 is 9.59 Å². The summed E-state index contributed by atoms with van der Waals surface area (Å²) in [5.74, 6) is -0.153. The Hall–Kier alpha value is -1.20. The second kappa shape index (κ2) is 6.06. The molecule has 1 aliphatic rings. The maximum Gasteiger partial charge on any atom is 0.261 e. The minimum atomic E-state index is -0.192. The van der Waals surface area contributed by atoms with Crippen molar-refractivity contribution >= 4 is 27.7 Å². The van der Waals surface area contributed by atoms with E-state index in [-0.39, 0.29) is 17.7 Å². The molecule has 0 aromatic heterocycles. The van der Waals surface area contributed by atoms with Gasteiger partial charge in [-0.3, -0.25) is 14.5 Å². The van der Waals surface area contributed by atoms with Gasteiger partial charge in [-0.1, -0.05) is 36.7 Å². The zero-order valence-corrected chi connectivity index (χ0v) is 13.5. The van der Waals surface area contributed by atoms with E-state index in [0.29, 0.717) is 23.7 Å². The van der Waals surface area contributed by atoms with E-state index in [4.69, 9.17) is 0 Å². The summed E-state index contributed by atoms with van der Waals surface area (Å²) in [6.07, 6.45) is 0. The lowest BCUT2D eigenvalue weighted by Gasteiger charge is -2.20. The number of amides is 2. The Balaban J connectivity index is 2.08. The summed E-state index contributed by atoms with van der Waals surface area (Å²) in [6, 6.07) is 5.61. The summed E-state index contributed by atoms with van der Waals surface area (Å²) in [6.45, 7) is 7.42. The molecule has 1 unspecified atom stereocenters. The van der Waals surface area contributed by atoms with Crippen molar-refractivity contribution in [3.63, 3.8) is 0 Å². The topological polar surface area (TPSA) is 49.4 Å². The molecule has 4 nitrogen and oxygen atoms in total. The number of hydrogen-bond donors (Lipinski definition) is 1. The molecule has 1 heterocycles. The molecule has 1 aromatic carbocycles. The van der Waals surface area contributed by atoms with Gasteiger partial charge in [0.15, 0.2) is 0 Å². The third-order valence-corrected chi connectivity index (χ3v) is 3.79. The monoisotopic (exact) mass is 338 g/mol. The van der Waals surface area contributed by atoms with Crippen LogP contribution in [-0.4, -0.2) is 35.8 Å². The van der Waals surface area contributed by atoms with Gasteiger partial charge in [0, 0.05) is 17.1 Å². The zero-order chi connectivity index (χ0) is 14.9. The second-order valence-corrected chi connectivity index (χ2v) is 6.49. The fourth-order valence-electron chi connectivity index (χ4n) is 2.24. The number of benzene rings is 1. The number of nitrogens with zero attached hydrogens (tertiary/aromatic N) is 1. The van der Waals surface area contributed by atoms with Crippen LogP contribution in [0.3, 0.4) is 0 Å². The van der Waals surface area contributed by atoms with Crippen LogP contribution in [0.2, 0.25) is 0 Å². The molecule has 2 amide bonds. The Morgan fingerprint density at radius 2 is 1.80 bits per heavy atom. The third-order valence-electron chi connectivity index (χ3n) is 3.30. The van der Waals surface area contributed by atoms with Crippen LogP contribution in [0.1, 0.15) is 41.5 Å². The number of carbonyl (C=O) groups is 2. The largest absolute Gasteiger partial charge is 0.314 e. The Labute approximate surface area is 127 Å². The van der Waals surface area contributed by atoms with Crippen molar-refractivity contribution in [1.82, 2.24) is 10.2 Å². The van der Waals surface area contributed by atoms with Crippen LogP contribution < -0.4 is 5.32 Å². The van der Waals surface area contributed by atoms with E-state index in [9.17, 15) is 9.59 Å². The smallest absolute Gasteiger partial charge is 0.261 e. The number of nitrogens with one attached hydrogen (secondary N) is 1. The predicted octanol–water partition coefficient (Wildman–Crippen LogP) is 2.68. The maximum absolute atomic E-state index is 12.3. The van der Waals surface area contributed by atoms with Gasteiger partial charge in [-0.2, -0.15) is 0 Å². The molecule has 1 aromatic rings. The number of hydrogen-bond acceptors (Lipinski definition) is 3. The van der Waals surface area contributed by atoms with Gasteiger partial charge in [0.1, 0.15) is 0 Å². The first-order valence-electron chi connectivity index (χ1n) is 6.79. The van der Waals surface area contributed by atoms with Crippen LogP contribution in [0.15, 0.2) is 22.7 Å². The van der Waals surface area contributed by atoms with E-state index in [1.807, 2.05) is 6.92 Å². The van der Waals surface area contributed by atoms with E-state index in [1.54, 1.807) is 18.2 Å². The second-order valence-electron chi connectivity index (χ2n) is 5.58. The van der Waals surface area contributed by atoms with Crippen LogP contribution in [-0.2, 0) is 0 Å². The molecule has 0 bridgehead atoms. The number of rotatable bonds is 5. The summed E-state index contributed by atoms with van der Waals surface area (Å²) in [5.41, 5.74) is 0.996. The van der Waals surface area contributed by atoms with Crippen molar-refractivity contribution in [1.29, 1.82) is 0 Å². The minimum Gasteiger partial charge on any atom is -0.314 e. The highest BCUT2D eigenvalue weighted by Gasteiger charge is 2.36. The van der Waals surface area contributed by atoms with Crippen LogP contribution in [0, 0.1) is 5.92 Å². The first kappa shape index (κ1) is 15.2. The van der Waals surface area contributed by atoms with Gasteiger partial charge in [0.05, 0.1) is 11.1 Å². The molecule has 5 heteroatoms. The Morgan fingerprint density at radius 1 is 1.15 bits per heavy atom. The fourth-order valence-corrected chi connectivity index (χ4v) is 2.60. The van der Waals surface area contributed by atoms with Crippen LogP contribution in [0.25, 0.3) is 0 Å². The van der Waals surface area contributed by atoms with Crippen molar-refractivity contribution in [2.24, 2.45) is 5.92 Å². The van der Waals surface area contributed by atoms with Crippen LogP contribution in [0.4, 0.5) is 0 Å². The average Bonchev–Trinajstić information content (AvgIpc) is 2.61. The Morgan fingerprint density at radius 3 is 2.45 bits per heavy atom. The lowest BCUT2D eigenvalue weighted by molar-refractivity contribution is 0.0632. The molecule has 0 aliphatic carbocycles. The molecule has 0 spiro atoms. The van der Waals surface area contributed by atoms with Gasteiger partial charge in [0.25, 0.3) is 11.8 Å². The fraction of sp³-hybridized carbons (Fsp3) is 0.467. The molecular formula is C15H19BrN2O2. The highest BCUT2D eigenvalue weighted by molar-refractivity contribution is 9.10. The summed E-state index contributed by atoms with van der Waals surface area (Å²) >= 11 is 3.33. The molecule has 0 saturated heterocycles. The quantitative estimate of drug-likeness (QED) is 0.839. The zero-order valence-electron chi connectivity index (χ0n) is 11.9. The van der Waals surface area contributed by atoms with Gasteiger partial charge in [-0.15, -0.1) is 0 Å². The lowest BCUT2D eigenvalue weighted by Crippen LogP contribution is -2.38. The summed E-state index contributed by atoms with van der Waals surface area (Å²) in [4.78, 5) is 25.9. The molecule has 2 rings (SSSR count). The standard InChI is InChI=1S/C15H19BrN2O2/c1-9(2)17-7-10(3)8-18-14(19)12-5-4-11(16)6-13(12)15(18)20/h4-6,9-10,17H,7-8H2,1-3H3. The minimum absolute atomic E-state index is 0.186. The van der Waals surface area contributed by atoms with E-state index >= 15 is 0 Å². The van der Waals surface area contributed by atoms with Crippen LogP contribution >= 0.6 is 15.9 Å². The van der Waals surface area contributed by atoms with E-state index in [2.05, 4.69) is 35.1 Å². The molecule has 0 saturated carbocycles. The SMILES string of the molecule is CC(CNC(C)C)CN1C(=O)c2ccc(Br)cc2C1=O. The molecule has 1 atom stereocenters. The molecule has 0 fully saturated rings. The molecule has 108 valence electrons. The van der Waals surface area contributed by atoms with Crippen LogP contribution in [0.5, 0.6) is 0 Å². The van der Waals surface area contributed by atoms with Crippen molar-refractivity contribution in [2.45, 2.75) is 26.8 Å². The van der Waals surface area contributed by atoms with Crippen molar-refractivity contribution in [3.8, 4) is 0 Å². The van der Waals surface area contributed by atoms with Crippen molar-refractivity contribution in [2.75, 3.05) is 13.1 Å². The highest BCUT2D eigenvalue weighted by Crippen LogP contribution is 2.26. The highest BCUT2D eigenvalue weighted by atomic mass is 79.9. The van der Waals surface area contributed by atoms with Gasteiger partial charge in [-0.25, -0.2) is 0 Å². The van der Waals surface area contributed by atoms with Crippen molar-refractivity contribution in [3.05, 3.63) is 33.8 Å². The molecule has 1 N–H and O–H groups in total. The van der Waals surface area contributed by atoms with Gasteiger partial charge in [0.2, 0.25) is 0 Å². The first-order valence-corrected chi connectivity index (χ1v) is 7.58. The van der Waals surface area contributed by atoms with E-state index in [0.717, 1.165) is 11.0 Å². The molecular weight excluding hydrogens is 320 g/mol. The average molecular weight is 339 g/mol. The first-order chi connectivity index (χ1) is 9.40. The Bertz CT molecular complexity index is 543. The normalized spacial score (nSPS) is 15.9. The molecule has 20 heavy (non-hydrogen) atoms. The number of imide groups is 1. The predicted molar refractivity (Wildman–Crippen MR) is 81.8 cm³/mol. The van der Waals surface area contributed by atoms with Gasteiger partial charge < -0.3 is 5.32 Å². The van der Waals surface area contributed by atoms with E-state index in [1.165, 1.54) is 4.90 Å². The molecule has 1 aliphatic heterocycles. The number of fused-ring (bicyclic) bond motifs is 1. The van der Waals surface area contributed by atoms with Gasteiger partial charge >= 0.3 is 0 Å².